The van der Waals surface area contributed by atoms with Crippen molar-refractivity contribution in [1.82, 2.24) is 4.90 Å². The minimum absolute atomic E-state index is 0.0269. The summed E-state index contributed by atoms with van der Waals surface area (Å²) in [4.78, 5) is 13.0. The molecule has 146 valence electrons. The maximum atomic E-state index is 11.3. The van der Waals surface area contributed by atoms with Gasteiger partial charge in [-0.05, 0) is 58.2 Å². The van der Waals surface area contributed by atoms with Gasteiger partial charge < -0.3 is 15.2 Å². The summed E-state index contributed by atoms with van der Waals surface area (Å²) in [6.07, 6.45) is 0.843. The zero-order valence-electron chi connectivity index (χ0n) is 15.5. The molecule has 0 aromatic heterocycles. The quantitative estimate of drug-likeness (QED) is 0.449. The lowest BCUT2D eigenvalue weighted by atomic mass is 10.1. The minimum atomic E-state index is -0.423. The van der Waals surface area contributed by atoms with Crippen molar-refractivity contribution in [2.75, 3.05) is 27.3 Å². The molecule has 0 heterocycles. The summed E-state index contributed by atoms with van der Waals surface area (Å²) in [7, 11) is 3.06. The molecule has 2 aromatic rings. The molecule has 0 aliphatic heterocycles. The van der Waals surface area contributed by atoms with Gasteiger partial charge >= 0.3 is 5.69 Å². The molecule has 0 aliphatic rings. The zero-order chi connectivity index (χ0) is 19.8. The molecular formula is C19H24BrN3O4. The Labute approximate surface area is 167 Å². The molecule has 2 aromatic carbocycles. The Morgan fingerprint density at radius 2 is 1.67 bits per heavy atom. The number of methoxy groups -OCH3 is 2. The highest BCUT2D eigenvalue weighted by atomic mass is 79.9. The Kier molecular flexibility index (Phi) is 8.02. The Morgan fingerprint density at radius 1 is 1.07 bits per heavy atom. The second-order valence-electron chi connectivity index (χ2n) is 6.09. The van der Waals surface area contributed by atoms with Gasteiger partial charge in [-0.15, -0.1) is 0 Å². The summed E-state index contributed by atoms with van der Waals surface area (Å²) >= 11 is 3.51. The molecule has 0 unspecified atom stereocenters. The van der Waals surface area contributed by atoms with Gasteiger partial charge in [-0.2, -0.15) is 0 Å². The molecule has 0 atom stereocenters. The molecule has 0 radical (unpaired) electrons. The van der Waals surface area contributed by atoms with Gasteiger partial charge in [-0.1, -0.05) is 12.1 Å². The second kappa shape index (κ2) is 10.2. The van der Waals surface area contributed by atoms with Crippen molar-refractivity contribution in [2.24, 2.45) is 5.73 Å². The number of rotatable bonds is 10. The molecule has 0 fully saturated rings. The molecule has 7 nitrogen and oxygen atoms in total. The Hall–Kier alpha value is -2.16. The maximum absolute atomic E-state index is 11.3. The maximum Gasteiger partial charge on any atom is 0.311 e. The molecule has 2 N–H and O–H groups in total. The molecule has 27 heavy (non-hydrogen) atoms. The van der Waals surface area contributed by atoms with Crippen LogP contribution in [0.5, 0.6) is 11.5 Å². The molecule has 0 saturated heterocycles. The summed E-state index contributed by atoms with van der Waals surface area (Å²) in [5.41, 5.74) is 7.61. The van der Waals surface area contributed by atoms with Crippen LogP contribution in [0.2, 0.25) is 0 Å². The predicted octanol–water partition coefficient (Wildman–Crippen LogP) is 3.73. The van der Waals surface area contributed by atoms with E-state index in [1.54, 1.807) is 19.2 Å². The Morgan fingerprint density at radius 3 is 2.19 bits per heavy atom. The zero-order valence-corrected chi connectivity index (χ0v) is 17.1. The number of halogens is 1. The van der Waals surface area contributed by atoms with Crippen LogP contribution in [0, 0.1) is 10.1 Å². The lowest BCUT2D eigenvalue weighted by Crippen LogP contribution is -2.25. The van der Waals surface area contributed by atoms with E-state index in [4.69, 9.17) is 15.2 Å². The topological polar surface area (TPSA) is 90.9 Å². The third-order valence-electron chi connectivity index (χ3n) is 4.15. The first-order valence-corrected chi connectivity index (χ1v) is 9.34. The first-order chi connectivity index (χ1) is 13.0. The van der Waals surface area contributed by atoms with E-state index in [0.29, 0.717) is 19.6 Å². The number of nitrogens with two attached hydrogens (primary N) is 1. The number of nitrogens with zero attached hydrogens (tertiary/aromatic N) is 2. The second-order valence-corrected chi connectivity index (χ2v) is 6.94. The number of ether oxygens (including phenoxy) is 2. The van der Waals surface area contributed by atoms with E-state index in [2.05, 4.69) is 20.8 Å². The molecule has 0 saturated carbocycles. The number of nitro benzene ring substituents is 1. The third kappa shape index (κ3) is 5.92. The average molecular weight is 438 g/mol. The highest BCUT2D eigenvalue weighted by Gasteiger charge is 2.17. The van der Waals surface area contributed by atoms with E-state index in [1.165, 1.54) is 7.11 Å². The highest BCUT2D eigenvalue weighted by Crippen LogP contribution is 2.29. The number of hydrogen-bond donors (Lipinski definition) is 1. The Bertz CT molecular complexity index is 786. The van der Waals surface area contributed by atoms with Crippen molar-refractivity contribution in [3.05, 3.63) is 62.1 Å². The summed E-state index contributed by atoms with van der Waals surface area (Å²) in [6, 6.07) is 11.0. The lowest BCUT2D eigenvalue weighted by Gasteiger charge is -2.23. The molecule has 0 spiro atoms. The van der Waals surface area contributed by atoms with Crippen LogP contribution in [0.3, 0.4) is 0 Å². The van der Waals surface area contributed by atoms with Gasteiger partial charge in [-0.25, -0.2) is 0 Å². The van der Waals surface area contributed by atoms with Crippen LogP contribution in [0.15, 0.2) is 40.9 Å². The fourth-order valence-electron chi connectivity index (χ4n) is 2.83. The SMILES string of the molecule is COc1ccc(CN(CCCN)Cc2ccc(OC)c([N+](=O)[O-])c2)cc1Br. The predicted molar refractivity (Wildman–Crippen MR) is 108 cm³/mol. The smallest absolute Gasteiger partial charge is 0.311 e. The van der Waals surface area contributed by atoms with Crippen molar-refractivity contribution in [3.8, 4) is 11.5 Å². The van der Waals surface area contributed by atoms with Crippen LogP contribution in [0.4, 0.5) is 5.69 Å². The molecular weight excluding hydrogens is 414 g/mol. The van der Waals surface area contributed by atoms with E-state index in [0.717, 1.165) is 34.3 Å². The molecule has 0 bridgehead atoms. The summed E-state index contributed by atoms with van der Waals surface area (Å²) in [5.74, 6) is 1.04. The highest BCUT2D eigenvalue weighted by molar-refractivity contribution is 9.10. The third-order valence-corrected chi connectivity index (χ3v) is 4.77. The first kappa shape index (κ1) is 21.1. The van der Waals surface area contributed by atoms with Crippen molar-refractivity contribution >= 4 is 21.6 Å². The molecule has 8 heteroatoms. The van der Waals surface area contributed by atoms with E-state index in [1.807, 2.05) is 24.3 Å². The largest absolute Gasteiger partial charge is 0.496 e. The van der Waals surface area contributed by atoms with Crippen LogP contribution in [-0.4, -0.2) is 37.1 Å². The fourth-order valence-corrected chi connectivity index (χ4v) is 3.42. The summed E-state index contributed by atoms with van der Waals surface area (Å²) < 4.78 is 11.2. The van der Waals surface area contributed by atoms with Gasteiger partial charge in [0.15, 0.2) is 5.75 Å². The van der Waals surface area contributed by atoms with Crippen molar-refractivity contribution in [1.29, 1.82) is 0 Å². The van der Waals surface area contributed by atoms with Gasteiger partial charge in [0.2, 0.25) is 0 Å². The standard InChI is InChI=1S/C19H24BrN3O4/c1-26-18-6-4-14(10-16(18)20)12-22(9-3-8-21)13-15-5-7-19(27-2)17(11-15)23(24)25/h4-7,10-11H,3,8-9,12-13,21H2,1-2H3. The number of nitro groups is 1. The van der Waals surface area contributed by atoms with Gasteiger partial charge in [0, 0.05) is 25.7 Å². The van der Waals surface area contributed by atoms with Crippen LogP contribution >= 0.6 is 15.9 Å². The van der Waals surface area contributed by atoms with E-state index < -0.39 is 4.92 Å². The average Bonchev–Trinajstić information content (AvgIpc) is 2.66. The number of hydrogen-bond acceptors (Lipinski definition) is 6. The molecule has 0 amide bonds. The van der Waals surface area contributed by atoms with Crippen LogP contribution in [-0.2, 0) is 13.1 Å². The summed E-state index contributed by atoms with van der Waals surface area (Å²) in [6.45, 7) is 2.66. The van der Waals surface area contributed by atoms with Crippen molar-refractivity contribution in [3.63, 3.8) is 0 Å². The molecule has 2 rings (SSSR count). The number of benzene rings is 2. The van der Waals surface area contributed by atoms with Crippen molar-refractivity contribution in [2.45, 2.75) is 19.5 Å². The van der Waals surface area contributed by atoms with Gasteiger partial charge in [0.05, 0.1) is 23.6 Å². The van der Waals surface area contributed by atoms with Gasteiger partial charge in [0.25, 0.3) is 0 Å². The normalized spacial score (nSPS) is 10.9. The van der Waals surface area contributed by atoms with Crippen LogP contribution in [0.25, 0.3) is 0 Å². The van der Waals surface area contributed by atoms with Gasteiger partial charge in [-0.3, -0.25) is 15.0 Å². The monoisotopic (exact) mass is 437 g/mol. The van der Waals surface area contributed by atoms with Crippen molar-refractivity contribution < 1.29 is 14.4 Å². The lowest BCUT2D eigenvalue weighted by molar-refractivity contribution is -0.385. The summed E-state index contributed by atoms with van der Waals surface area (Å²) in [5, 5.41) is 11.3. The van der Waals surface area contributed by atoms with E-state index >= 15 is 0 Å². The Balaban J connectivity index is 2.20. The minimum Gasteiger partial charge on any atom is -0.496 e. The van der Waals surface area contributed by atoms with E-state index in [9.17, 15) is 10.1 Å². The first-order valence-electron chi connectivity index (χ1n) is 8.54. The van der Waals surface area contributed by atoms with Gasteiger partial charge in [0.1, 0.15) is 5.75 Å². The molecule has 0 aliphatic carbocycles. The van der Waals surface area contributed by atoms with Crippen LogP contribution in [0.1, 0.15) is 17.5 Å². The van der Waals surface area contributed by atoms with Crippen LogP contribution < -0.4 is 15.2 Å². The fraction of sp³-hybridized carbons (Fsp3) is 0.368. The van der Waals surface area contributed by atoms with E-state index in [-0.39, 0.29) is 11.4 Å².